The van der Waals surface area contributed by atoms with Crippen LogP contribution in [-0.4, -0.2) is 49.9 Å². The smallest absolute Gasteiger partial charge is 0.495 e. The molecule has 1 aliphatic heterocycles. The molecular weight excluding hydrogens is 411 g/mol. The monoisotopic (exact) mass is 434 g/mol. The van der Waals surface area contributed by atoms with E-state index in [0.29, 0.717) is 5.46 Å². The summed E-state index contributed by atoms with van der Waals surface area (Å²) in [6, 6.07) is 5.15. The number of aromatic nitrogens is 1. The number of hydrogen-bond donors (Lipinski definition) is 2. The number of anilines is 1. The number of carboxylic acid groups (broad SMARTS) is 1. The van der Waals surface area contributed by atoms with Crippen LogP contribution in [0.1, 0.15) is 38.1 Å². The van der Waals surface area contributed by atoms with Gasteiger partial charge in [0.2, 0.25) is 0 Å². The molecule has 9 nitrogen and oxygen atoms in total. The molecule has 2 aromatic rings. The maximum Gasteiger partial charge on any atom is 0.496 e. The molecule has 2 N–H and O–H groups in total. The summed E-state index contributed by atoms with van der Waals surface area (Å²) in [5.41, 5.74) is -0.583. The van der Waals surface area contributed by atoms with Gasteiger partial charge in [-0.05, 0) is 52.0 Å². The summed E-state index contributed by atoms with van der Waals surface area (Å²) in [6.45, 7) is 7.65. The first-order valence-corrected chi connectivity index (χ1v) is 10.6. The molecule has 160 valence electrons. The molecule has 0 spiro atoms. The van der Waals surface area contributed by atoms with Gasteiger partial charge in [-0.15, -0.1) is 0 Å². The largest absolute Gasteiger partial charge is 0.496 e. The molecule has 0 unspecified atom stereocenters. The second-order valence-corrected chi connectivity index (χ2v) is 9.52. The van der Waals surface area contributed by atoms with Gasteiger partial charge in [-0.1, -0.05) is 0 Å². The lowest BCUT2D eigenvalue weighted by Crippen LogP contribution is -2.41. The van der Waals surface area contributed by atoms with Crippen molar-refractivity contribution in [3.63, 3.8) is 0 Å². The summed E-state index contributed by atoms with van der Waals surface area (Å²) >= 11 is 0. The van der Waals surface area contributed by atoms with Crippen LogP contribution in [0.5, 0.6) is 5.75 Å². The molecule has 3 rings (SSSR count). The molecule has 0 saturated carbocycles. The van der Waals surface area contributed by atoms with E-state index in [1.54, 1.807) is 6.07 Å². The van der Waals surface area contributed by atoms with E-state index in [1.807, 2.05) is 27.7 Å². The Labute approximate surface area is 175 Å². The minimum absolute atomic E-state index is 0.0163. The van der Waals surface area contributed by atoms with Crippen molar-refractivity contribution in [1.82, 2.24) is 4.98 Å². The van der Waals surface area contributed by atoms with Crippen molar-refractivity contribution in [2.24, 2.45) is 0 Å². The van der Waals surface area contributed by atoms with Crippen LogP contribution >= 0.6 is 0 Å². The van der Waals surface area contributed by atoms with Crippen molar-refractivity contribution in [1.29, 1.82) is 0 Å². The van der Waals surface area contributed by atoms with E-state index in [9.17, 15) is 18.3 Å². The van der Waals surface area contributed by atoms with Gasteiger partial charge in [-0.2, -0.15) is 0 Å². The summed E-state index contributed by atoms with van der Waals surface area (Å²) in [6.07, 6.45) is 2.87. The predicted octanol–water partition coefficient (Wildman–Crippen LogP) is 1.89. The number of ether oxygens (including phenoxy) is 1. The molecule has 0 radical (unpaired) electrons. The maximum absolute atomic E-state index is 12.9. The van der Waals surface area contributed by atoms with Gasteiger partial charge >= 0.3 is 13.1 Å². The molecule has 0 atom stereocenters. The van der Waals surface area contributed by atoms with Crippen molar-refractivity contribution in [3.05, 3.63) is 42.2 Å². The van der Waals surface area contributed by atoms with E-state index < -0.39 is 34.3 Å². The fraction of sp³-hybridized carbons (Fsp3) is 0.368. The molecule has 1 aromatic carbocycles. The second-order valence-electron chi connectivity index (χ2n) is 7.87. The average Bonchev–Trinajstić information content (AvgIpc) is 2.88. The SMILES string of the molecule is COc1ccc(C(=O)O)cc1S(=O)(=O)Nc1cncc(B2OC(C)(C)C(C)(C)O2)c1. The predicted molar refractivity (Wildman–Crippen MR) is 111 cm³/mol. The quantitative estimate of drug-likeness (QED) is 0.661. The highest BCUT2D eigenvalue weighted by atomic mass is 32.2. The molecule has 0 amide bonds. The zero-order valence-electron chi connectivity index (χ0n) is 17.3. The molecule has 0 bridgehead atoms. The minimum atomic E-state index is -4.16. The van der Waals surface area contributed by atoms with Gasteiger partial charge in [-0.25, -0.2) is 13.2 Å². The Balaban J connectivity index is 1.92. The summed E-state index contributed by atoms with van der Waals surface area (Å²) in [5, 5.41) is 9.18. The van der Waals surface area contributed by atoms with Crippen LogP contribution in [0.25, 0.3) is 0 Å². The van der Waals surface area contributed by atoms with Crippen LogP contribution in [0.4, 0.5) is 5.69 Å². The van der Waals surface area contributed by atoms with E-state index in [1.165, 1.54) is 31.6 Å². The first-order chi connectivity index (χ1) is 13.9. The molecule has 30 heavy (non-hydrogen) atoms. The Morgan fingerprint density at radius 3 is 2.33 bits per heavy atom. The van der Waals surface area contributed by atoms with Crippen molar-refractivity contribution in [2.45, 2.75) is 43.8 Å². The molecule has 1 fully saturated rings. The average molecular weight is 434 g/mol. The molecule has 2 heterocycles. The molecule has 11 heteroatoms. The van der Waals surface area contributed by atoms with E-state index >= 15 is 0 Å². The van der Waals surface area contributed by atoms with Gasteiger partial charge in [0.1, 0.15) is 10.6 Å². The van der Waals surface area contributed by atoms with Crippen molar-refractivity contribution in [3.8, 4) is 5.75 Å². The summed E-state index contributed by atoms with van der Waals surface area (Å²) in [5.74, 6) is -1.24. The summed E-state index contributed by atoms with van der Waals surface area (Å²) in [4.78, 5) is 15.0. The highest BCUT2D eigenvalue weighted by Crippen LogP contribution is 2.36. The third-order valence-electron chi connectivity index (χ3n) is 5.24. The van der Waals surface area contributed by atoms with E-state index in [2.05, 4.69) is 9.71 Å². The van der Waals surface area contributed by atoms with Gasteiger partial charge in [-0.3, -0.25) is 9.71 Å². The Hall–Kier alpha value is -2.63. The number of methoxy groups -OCH3 is 1. The molecule has 1 aromatic heterocycles. The Morgan fingerprint density at radius 2 is 1.77 bits per heavy atom. The second kappa shape index (κ2) is 7.57. The van der Waals surface area contributed by atoms with Crippen LogP contribution in [0.2, 0.25) is 0 Å². The standard InChI is InChI=1S/C19H23BN2O7S/c1-18(2)19(3,4)29-20(28-18)13-9-14(11-21-10-13)22-30(25,26)16-8-12(17(23)24)6-7-15(16)27-5/h6-11,22H,1-5H3,(H,23,24). The lowest BCUT2D eigenvalue weighted by atomic mass is 9.80. The highest BCUT2D eigenvalue weighted by Gasteiger charge is 2.51. The number of hydrogen-bond acceptors (Lipinski definition) is 7. The van der Waals surface area contributed by atoms with Gasteiger partial charge in [0.15, 0.2) is 0 Å². The number of benzene rings is 1. The number of sulfonamides is 1. The van der Waals surface area contributed by atoms with Crippen LogP contribution in [0.3, 0.4) is 0 Å². The molecule has 1 aliphatic rings. The number of aromatic carboxylic acids is 1. The van der Waals surface area contributed by atoms with Gasteiger partial charge in [0.05, 0.1) is 35.8 Å². The molecular formula is C19H23BN2O7S. The van der Waals surface area contributed by atoms with E-state index in [0.717, 1.165) is 6.07 Å². The number of carbonyl (C=O) groups is 1. The summed E-state index contributed by atoms with van der Waals surface area (Å²) < 4.78 is 45.3. The Bertz CT molecular complexity index is 1070. The number of pyridine rings is 1. The van der Waals surface area contributed by atoms with Crippen molar-refractivity contribution < 1.29 is 32.4 Å². The molecule has 0 aliphatic carbocycles. The zero-order valence-corrected chi connectivity index (χ0v) is 18.1. The number of nitrogens with zero attached hydrogens (tertiary/aromatic N) is 1. The third-order valence-corrected chi connectivity index (χ3v) is 6.64. The maximum atomic E-state index is 12.9. The first kappa shape index (κ1) is 22.1. The van der Waals surface area contributed by atoms with Crippen molar-refractivity contribution >= 4 is 34.3 Å². The fourth-order valence-electron chi connectivity index (χ4n) is 2.85. The third kappa shape index (κ3) is 4.14. The lowest BCUT2D eigenvalue weighted by molar-refractivity contribution is 0.00578. The van der Waals surface area contributed by atoms with Crippen LogP contribution in [0.15, 0.2) is 41.6 Å². The van der Waals surface area contributed by atoms with E-state index in [4.69, 9.17) is 14.0 Å². The van der Waals surface area contributed by atoms with Crippen molar-refractivity contribution in [2.75, 3.05) is 11.8 Å². The van der Waals surface area contributed by atoms with Crippen LogP contribution < -0.4 is 14.9 Å². The zero-order chi connectivity index (χ0) is 22.3. The number of carboxylic acids is 1. The van der Waals surface area contributed by atoms with E-state index in [-0.39, 0.29) is 21.9 Å². The Morgan fingerprint density at radius 1 is 1.13 bits per heavy atom. The minimum Gasteiger partial charge on any atom is -0.495 e. The summed E-state index contributed by atoms with van der Waals surface area (Å²) in [7, 11) is -3.57. The highest BCUT2D eigenvalue weighted by molar-refractivity contribution is 7.92. The van der Waals surface area contributed by atoms with Crippen LogP contribution in [0, 0.1) is 0 Å². The lowest BCUT2D eigenvalue weighted by Gasteiger charge is -2.32. The first-order valence-electron chi connectivity index (χ1n) is 9.11. The normalized spacial score (nSPS) is 17.6. The number of nitrogens with one attached hydrogen (secondary N) is 1. The number of rotatable bonds is 6. The topological polar surface area (TPSA) is 124 Å². The Kier molecular flexibility index (Phi) is 5.57. The van der Waals surface area contributed by atoms with Gasteiger partial charge < -0.3 is 19.2 Å². The van der Waals surface area contributed by atoms with Gasteiger partial charge in [0, 0.05) is 11.7 Å². The molecule has 1 saturated heterocycles. The fourth-order valence-corrected chi connectivity index (χ4v) is 4.08. The van der Waals surface area contributed by atoms with Gasteiger partial charge in [0.25, 0.3) is 10.0 Å². The van der Waals surface area contributed by atoms with Crippen LogP contribution in [-0.2, 0) is 19.3 Å².